The van der Waals surface area contributed by atoms with E-state index < -0.39 is 0 Å². The number of piperazine rings is 1. The predicted molar refractivity (Wildman–Crippen MR) is 96.1 cm³/mol. The number of hydrogen-bond donors (Lipinski definition) is 0. The van der Waals surface area contributed by atoms with Crippen molar-refractivity contribution in [1.82, 2.24) is 24.5 Å². The minimum absolute atomic E-state index is 0.129. The van der Waals surface area contributed by atoms with E-state index in [1.807, 2.05) is 45.7 Å². The van der Waals surface area contributed by atoms with E-state index in [0.717, 1.165) is 24.7 Å². The van der Waals surface area contributed by atoms with E-state index in [9.17, 15) is 4.79 Å². The van der Waals surface area contributed by atoms with Crippen LogP contribution in [0.3, 0.4) is 0 Å². The van der Waals surface area contributed by atoms with Gasteiger partial charge in [0.15, 0.2) is 0 Å². The fourth-order valence-corrected chi connectivity index (χ4v) is 3.10. The summed E-state index contributed by atoms with van der Waals surface area (Å²) in [6.07, 6.45) is 3.79. The maximum Gasteiger partial charge on any atom is 0.256 e. The van der Waals surface area contributed by atoms with Crippen molar-refractivity contribution in [2.75, 3.05) is 37.7 Å². The number of carbonyl (C=O) groups is 1. The summed E-state index contributed by atoms with van der Waals surface area (Å²) < 4.78 is 7.48. The molecule has 1 aliphatic heterocycles. The van der Waals surface area contributed by atoms with Crippen LogP contribution in [-0.4, -0.2) is 63.2 Å². The molecule has 0 bridgehead atoms. The standard InChI is InChI=1S/C18H20N6O2/c25-17(7-13-26-15-4-2-1-3-5-15)23-11-9-22(10-12-23)16-6-8-19-18-21-20-14-24(16)18/h1-6,8,14H,7,9-13H2. The first-order chi connectivity index (χ1) is 12.8. The van der Waals surface area contributed by atoms with Gasteiger partial charge in [-0.05, 0) is 18.2 Å². The molecule has 0 N–H and O–H groups in total. The normalized spacial score (nSPS) is 14.6. The number of rotatable bonds is 5. The average molecular weight is 352 g/mol. The van der Waals surface area contributed by atoms with Gasteiger partial charge in [-0.2, -0.15) is 0 Å². The SMILES string of the molecule is O=C(CCOc1ccccc1)N1CCN(c2ccnc3nncn23)CC1. The summed E-state index contributed by atoms with van der Waals surface area (Å²) in [4.78, 5) is 20.7. The molecule has 8 heteroatoms. The summed E-state index contributed by atoms with van der Waals surface area (Å²) in [6, 6.07) is 11.5. The zero-order valence-electron chi connectivity index (χ0n) is 14.4. The van der Waals surface area contributed by atoms with Crippen molar-refractivity contribution in [3.05, 3.63) is 48.9 Å². The second-order valence-corrected chi connectivity index (χ2v) is 6.08. The van der Waals surface area contributed by atoms with Crippen LogP contribution in [0.15, 0.2) is 48.9 Å². The fraction of sp³-hybridized carbons (Fsp3) is 0.333. The number of amides is 1. The number of nitrogens with zero attached hydrogens (tertiary/aromatic N) is 6. The van der Waals surface area contributed by atoms with Crippen LogP contribution >= 0.6 is 0 Å². The number of hydrogen-bond acceptors (Lipinski definition) is 6. The first kappa shape index (κ1) is 16.3. The summed E-state index contributed by atoms with van der Waals surface area (Å²) in [6.45, 7) is 3.31. The monoisotopic (exact) mass is 352 g/mol. The van der Waals surface area contributed by atoms with Gasteiger partial charge in [-0.1, -0.05) is 18.2 Å². The number of ether oxygens (including phenoxy) is 1. The van der Waals surface area contributed by atoms with Crippen LogP contribution in [0.2, 0.25) is 0 Å². The van der Waals surface area contributed by atoms with Crippen molar-refractivity contribution in [2.45, 2.75) is 6.42 Å². The van der Waals surface area contributed by atoms with Crippen molar-refractivity contribution in [1.29, 1.82) is 0 Å². The Balaban J connectivity index is 1.29. The molecule has 1 aliphatic rings. The zero-order chi connectivity index (χ0) is 17.8. The maximum absolute atomic E-state index is 12.4. The summed E-state index contributed by atoms with van der Waals surface area (Å²) in [5.74, 6) is 2.50. The van der Waals surface area contributed by atoms with Gasteiger partial charge in [0.2, 0.25) is 5.91 Å². The van der Waals surface area contributed by atoms with Crippen molar-refractivity contribution in [3.8, 4) is 5.75 Å². The van der Waals surface area contributed by atoms with Gasteiger partial charge in [0.25, 0.3) is 5.78 Å². The molecule has 3 aromatic rings. The van der Waals surface area contributed by atoms with Crippen molar-refractivity contribution in [2.24, 2.45) is 0 Å². The predicted octanol–water partition coefficient (Wildman–Crippen LogP) is 1.24. The molecule has 4 rings (SSSR count). The van der Waals surface area contributed by atoms with Crippen LogP contribution in [0, 0.1) is 0 Å². The van der Waals surface area contributed by atoms with E-state index in [2.05, 4.69) is 20.1 Å². The topological polar surface area (TPSA) is 75.9 Å². The fourth-order valence-electron chi connectivity index (χ4n) is 3.10. The average Bonchev–Trinajstić information content (AvgIpc) is 3.18. The van der Waals surface area contributed by atoms with Gasteiger partial charge >= 0.3 is 0 Å². The second-order valence-electron chi connectivity index (χ2n) is 6.08. The van der Waals surface area contributed by atoms with E-state index in [1.165, 1.54) is 0 Å². The molecule has 1 aromatic carbocycles. The number of benzene rings is 1. The number of para-hydroxylation sites is 1. The molecule has 1 amide bonds. The molecule has 3 heterocycles. The first-order valence-electron chi connectivity index (χ1n) is 8.66. The smallest absolute Gasteiger partial charge is 0.256 e. The van der Waals surface area contributed by atoms with Gasteiger partial charge < -0.3 is 14.5 Å². The molecule has 8 nitrogen and oxygen atoms in total. The molecular weight excluding hydrogens is 332 g/mol. The Labute approximate surface area is 151 Å². The van der Waals surface area contributed by atoms with Gasteiger partial charge in [0.05, 0.1) is 13.0 Å². The number of aromatic nitrogens is 4. The molecule has 26 heavy (non-hydrogen) atoms. The van der Waals surface area contributed by atoms with Crippen LogP contribution in [0.5, 0.6) is 5.75 Å². The van der Waals surface area contributed by atoms with Crippen LogP contribution in [0.4, 0.5) is 5.82 Å². The Morgan fingerprint density at radius 2 is 1.88 bits per heavy atom. The molecule has 0 unspecified atom stereocenters. The van der Waals surface area contributed by atoms with Crippen LogP contribution in [0.25, 0.3) is 5.78 Å². The summed E-state index contributed by atoms with van der Waals surface area (Å²) in [7, 11) is 0. The van der Waals surface area contributed by atoms with E-state index >= 15 is 0 Å². The number of anilines is 1. The molecular formula is C18H20N6O2. The van der Waals surface area contributed by atoms with Crippen molar-refractivity contribution in [3.63, 3.8) is 0 Å². The Morgan fingerprint density at radius 3 is 2.69 bits per heavy atom. The minimum Gasteiger partial charge on any atom is -0.493 e. The zero-order valence-corrected chi connectivity index (χ0v) is 14.4. The lowest BCUT2D eigenvalue weighted by molar-refractivity contribution is -0.132. The molecule has 0 spiro atoms. The first-order valence-corrected chi connectivity index (χ1v) is 8.66. The molecule has 134 valence electrons. The quantitative estimate of drug-likeness (QED) is 0.688. The van der Waals surface area contributed by atoms with Crippen LogP contribution in [0.1, 0.15) is 6.42 Å². The highest BCUT2D eigenvalue weighted by atomic mass is 16.5. The molecule has 0 aliphatic carbocycles. The highest BCUT2D eigenvalue weighted by Gasteiger charge is 2.22. The molecule has 0 atom stereocenters. The van der Waals surface area contributed by atoms with Gasteiger partial charge in [0.1, 0.15) is 17.9 Å². The van der Waals surface area contributed by atoms with Gasteiger partial charge in [-0.25, -0.2) is 4.98 Å². The minimum atomic E-state index is 0.129. The Bertz CT molecular complexity index is 874. The van der Waals surface area contributed by atoms with Gasteiger partial charge in [0, 0.05) is 32.4 Å². The highest BCUT2D eigenvalue weighted by molar-refractivity contribution is 5.76. The summed E-state index contributed by atoms with van der Waals surface area (Å²) in [5.41, 5.74) is 0. The largest absolute Gasteiger partial charge is 0.493 e. The number of carbonyl (C=O) groups excluding carboxylic acids is 1. The lowest BCUT2D eigenvalue weighted by atomic mass is 10.2. The third-order valence-electron chi connectivity index (χ3n) is 4.47. The van der Waals surface area contributed by atoms with E-state index in [0.29, 0.717) is 31.9 Å². The molecule has 2 aromatic heterocycles. The molecule has 0 saturated carbocycles. The Hall–Kier alpha value is -3.16. The van der Waals surface area contributed by atoms with E-state index in [1.54, 1.807) is 12.5 Å². The highest BCUT2D eigenvalue weighted by Crippen LogP contribution is 2.17. The maximum atomic E-state index is 12.4. The Kier molecular flexibility index (Phi) is 4.63. The van der Waals surface area contributed by atoms with E-state index in [4.69, 9.17) is 4.74 Å². The third-order valence-corrected chi connectivity index (χ3v) is 4.47. The summed E-state index contributed by atoms with van der Waals surface area (Å²) >= 11 is 0. The molecule has 1 fully saturated rings. The van der Waals surface area contributed by atoms with Crippen molar-refractivity contribution >= 4 is 17.5 Å². The second kappa shape index (κ2) is 7.38. The van der Waals surface area contributed by atoms with Crippen molar-refractivity contribution < 1.29 is 9.53 Å². The number of fused-ring (bicyclic) bond motifs is 1. The Morgan fingerprint density at radius 1 is 1.08 bits per heavy atom. The molecule has 0 radical (unpaired) electrons. The lowest BCUT2D eigenvalue weighted by Crippen LogP contribution is -2.49. The van der Waals surface area contributed by atoms with Gasteiger partial charge in [-0.15, -0.1) is 10.2 Å². The van der Waals surface area contributed by atoms with E-state index in [-0.39, 0.29) is 5.91 Å². The van der Waals surface area contributed by atoms with Gasteiger partial charge in [-0.3, -0.25) is 9.20 Å². The van der Waals surface area contributed by atoms with Crippen LogP contribution < -0.4 is 9.64 Å². The lowest BCUT2D eigenvalue weighted by Gasteiger charge is -2.36. The summed E-state index contributed by atoms with van der Waals surface area (Å²) in [5, 5.41) is 7.88. The molecule has 1 saturated heterocycles. The van der Waals surface area contributed by atoms with Crippen LogP contribution in [-0.2, 0) is 4.79 Å². The third kappa shape index (κ3) is 3.44.